The van der Waals surface area contributed by atoms with E-state index in [1.54, 1.807) is 12.1 Å². The molecule has 0 N–H and O–H groups in total. The van der Waals surface area contributed by atoms with Crippen molar-refractivity contribution in [3.8, 4) is 0 Å². The number of furan rings is 1. The Balaban J connectivity index is 1.41. The number of piperidine rings is 1. The van der Waals surface area contributed by atoms with Gasteiger partial charge in [-0.2, -0.15) is 13.2 Å². The molecular formula is C17H17F3N4O3. The molecule has 3 aliphatic rings. The second-order valence-corrected chi connectivity index (χ2v) is 6.64. The average molecular weight is 382 g/mol. The number of carbonyl (C=O) groups excluding carboxylic acids is 1. The largest absolute Gasteiger partial charge is 0.463 e. The molecule has 0 saturated carbocycles. The molecule has 3 fully saturated rings. The fourth-order valence-corrected chi connectivity index (χ4v) is 3.66. The van der Waals surface area contributed by atoms with Crippen LogP contribution in [-0.2, 0) is 17.5 Å². The number of nitrogens with zero attached hydrogens (tertiary/aromatic N) is 4. The fourth-order valence-electron chi connectivity index (χ4n) is 3.66. The van der Waals surface area contributed by atoms with E-state index in [-0.39, 0.29) is 23.7 Å². The Bertz CT molecular complexity index is 842. The maximum Gasteiger partial charge on any atom is 0.433 e. The minimum absolute atomic E-state index is 0.153. The first kappa shape index (κ1) is 17.8. The van der Waals surface area contributed by atoms with E-state index in [0.29, 0.717) is 25.4 Å². The number of hydrogen-bond acceptors (Lipinski definition) is 7. The van der Waals surface area contributed by atoms with E-state index in [4.69, 9.17) is 4.42 Å². The predicted molar refractivity (Wildman–Crippen MR) is 87.0 cm³/mol. The molecule has 27 heavy (non-hydrogen) atoms. The quantitative estimate of drug-likeness (QED) is 0.752. The minimum atomic E-state index is -4.49. The van der Waals surface area contributed by atoms with Crippen molar-refractivity contribution in [1.29, 1.82) is 0 Å². The average Bonchev–Trinajstić information content (AvgIpc) is 3.14. The van der Waals surface area contributed by atoms with Crippen molar-refractivity contribution in [3.05, 3.63) is 41.7 Å². The first-order chi connectivity index (χ1) is 12.8. The highest BCUT2D eigenvalue weighted by atomic mass is 19.4. The Labute approximate surface area is 152 Å². The molecule has 7 nitrogen and oxygen atoms in total. The van der Waals surface area contributed by atoms with E-state index in [1.165, 1.54) is 7.11 Å². The number of ether oxygens (including phenoxy) is 1. The summed E-state index contributed by atoms with van der Waals surface area (Å²) in [6.45, 7) is 1.70. The van der Waals surface area contributed by atoms with Gasteiger partial charge in [-0.05, 0) is 18.6 Å². The number of halogens is 3. The van der Waals surface area contributed by atoms with Crippen LogP contribution in [0.4, 0.5) is 19.0 Å². The Kier molecular flexibility index (Phi) is 4.29. The molecule has 0 amide bonds. The topological polar surface area (TPSA) is 71.7 Å². The zero-order valence-corrected chi connectivity index (χ0v) is 14.4. The van der Waals surface area contributed by atoms with E-state index < -0.39 is 17.8 Å². The van der Waals surface area contributed by atoms with Crippen LogP contribution in [0.2, 0.25) is 0 Å². The zero-order valence-electron chi connectivity index (χ0n) is 14.4. The second-order valence-electron chi connectivity index (χ2n) is 6.64. The van der Waals surface area contributed by atoms with Crippen LogP contribution < -0.4 is 4.90 Å². The summed E-state index contributed by atoms with van der Waals surface area (Å²) < 4.78 is 48.7. The van der Waals surface area contributed by atoms with Gasteiger partial charge >= 0.3 is 12.1 Å². The molecule has 2 unspecified atom stereocenters. The van der Waals surface area contributed by atoms with Crippen LogP contribution >= 0.6 is 0 Å². The summed E-state index contributed by atoms with van der Waals surface area (Å²) in [4.78, 5) is 22.8. The second kappa shape index (κ2) is 6.52. The summed E-state index contributed by atoms with van der Waals surface area (Å²) in [6, 6.07) is 4.68. The molecule has 0 aliphatic carbocycles. The maximum atomic E-state index is 12.8. The van der Waals surface area contributed by atoms with Gasteiger partial charge in [-0.1, -0.05) is 0 Å². The Hall–Kier alpha value is -2.62. The van der Waals surface area contributed by atoms with Crippen molar-refractivity contribution in [2.24, 2.45) is 0 Å². The van der Waals surface area contributed by atoms with Gasteiger partial charge in [0.25, 0.3) is 0 Å². The lowest BCUT2D eigenvalue weighted by molar-refractivity contribution is -0.141. The Morgan fingerprint density at radius 3 is 2.70 bits per heavy atom. The third-order valence-corrected chi connectivity index (χ3v) is 5.00. The van der Waals surface area contributed by atoms with Crippen LogP contribution in [0.15, 0.2) is 28.9 Å². The summed E-state index contributed by atoms with van der Waals surface area (Å²) in [7, 11) is 1.29. The van der Waals surface area contributed by atoms with Crippen molar-refractivity contribution >= 4 is 11.8 Å². The highest BCUT2D eigenvalue weighted by molar-refractivity contribution is 5.86. The van der Waals surface area contributed by atoms with E-state index in [9.17, 15) is 18.0 Å². The number of hydrogen-bond donors (Lipinski definition) is 0. The molecule has 0 aromatic carbocycles. The number of carbonyl (C=O) groups is 1. The van der Waals surface area contributed by atoms with E-state index in [0.717, 1.165) is 18.8 Å². The van der Waals surface area contributed by atoms with Crippen LogP contribution in [0.3, 0.4) is 0 Å². The Morgan fingerprint density at radius 1 is 1.30 bits per heavy atom. The number of fused-ring (bicyclic) bond motifs is 2. The third kappa shape index (κ3) is 3.36. The number of aromatic nitrogens is 2. The molecule has 2 aromatic heterocycles. The lowest BCUT2D eigenvalue weighted by atomic mass is 9.87. The molecule has 144 valence electrons. The molecule has 10 heteroatoms. The van der Waals surface area contributed by atoms with Crippen molar-refractivity contribution in [2.75, 3.05) is 25.1 Å². The fraction of sp³-hybridized carbons (Fsp3) is 0.471. The summed E-state index contributed by atoms with van der Waals surface area (Å²) in [6.07, 6.45) is -2.56. The minimum Gasteiger partial charge on any atom is -0.463 e. The van der Waals surface area contributed by atoms with Crippen molar-refractivity contribution < 1.29 is 27.1 Å². The van der Waals surface area contributed by atoms with Gasteiger partial charge in [0, 0.05) is 31.2 Å². The first-order valence-corrected chi connectivity index (χ1v) is 8.42. The smallest absolute Gasteiger partial charge is 0.433 e. The molecule has 3 saturated heterocycles. The molecule has 2 aromatic rings. The number of anilines is 1. The molecule has 0 spiro atoms. The van der Waals surface area contributed by atoms with Crippen molar-refractivity contribution in [2.45, 2.75) is 31.2 Å². The molecule has 0 radical (unpaired) electrons. The van der Waals surface area contributed by atoms with E-state index >= 15 is 0 Å². The van der Waals surface area contributed by atoms with Crippen molar-refractivity contribution in [1.82, 2.24) is 14.9 Å². The third-order valence-electron chi connectivity index (χ3n) is 5.00. The highest BCUT2D eigenvalue weighted by Gasteiger charge is 2.45. The van der Waals surface area contributed by atoms with Crippen LogP contribution in [0, 0.1) is 0 Å². The monoisotopic (exact) mass is 382 g/mol. The van der Waals surface area contributed by atoms with Gasteiger partial charge in [-0.3, -0.25) is 4.90 Å². The normalized spacial score (nSPS) is 22.4. The lowest BCUT2D eigenvalue weighted by Gasteiger charge is -2.56. The van der Waals surface area contributed by atoms with Gasteiger partial charge in [-0.15, -0.1) is 0 Å². The van der Waals surface area contributed by atoms with Crippen LogP contribution in [-0.4, -0.2) is 53.1 Å². The molecular weight excluding hydrogens is 365 g/mol. The van der Waals surface area contributed by atoms with Gasteiger partial charge in [-0.25, -0.2) is 14.8 Å². The predicted octanol–water partition coefficient (Wildman–Crippen LogP) is 2.34. The number of methoxy groups -OCH3 is 1. The zero-order chi connectivity index (χ0) is 19.2. The Morgan fingerprint density at radius 2 is 2.04 bits per heavy atom. The number of esters is 1. The van der Waals surface area contributed by atoms with Crippen LogP contribution in [0.1, 0.15) is 28.4 Å². The number of alkyl halides is 3. The van der Waals surface area contributed by atoms with E-state index in [2.05, 4.69) is 19.6 Å². The number of rotatable bonds is 4. The van der Waals surface area contributed by atoms with Gasteiger partial charge in [0.05, 0.1) is 13.7 Å². The maximum absolute atomic E-state index is 12.8. The standard InChI is InChI=1S/C17H17F3N4O3/c1-26-16(25)13-3-2-12(27-13)8-24-10-4-11(24)7-23(6-10)15-5-14(17(18,19)20)21-9-22-15/h2-3,5,9-11H,4,6-8H2,1H3. The SMILES string of the molecule is COC(=O)c1ccc(CN2C3CC2CN(c2cc(C(F)(F)F)ncn2)C3)o1. The van der Waals surface area contributed by atoms with E-state index in [1.807, 2.05) is 4.90 Å². The molecule has 5 heterocycles. The first-order valence-electron chi connectivity index (χ1n) is 8.42. The van der Waals surface area contributed by atoms with Crippen LogP contribution in [0.5, 0.6) is 0 Å². The summed E-state index contributed by atoms with van der Waals surface area (Å²) in [5, 5.41) is 0. The molecule has 5 rings (SSSR count). The van der Waals surface area contributed by atoms with Crippen molar-refractivity contribution in [3.63, 3.8) is 0 Å². The molecule has 2 atom stereocenters. The van der Waals surface area contributed by atoms with Gasteiger partial charge in [0.15, 0.2) is 0 Å². The van der Waals surface area contributed by atoms with Crippen LogP contribution in [0.25, 0.3) is 0 Å². The number of piperazine rings is 1. The summed E-state index contributed by atoms with van der Waals surface area (Å²) >= 11 is 0. The summed E-state index contributed by atoms with van der Waals surface area (Å²) in [5.74, 6) is 0.568. The van der Waals surface area contributed by atoms with Gasteiger partial charge in [0.2, 0.25) is 5.76 Å². The van der Waals surface area contributed by atoms with Gasteiger partial charge in [0.1, 0.15) is 23.6 Å². The van der Waals surface area contributed by atoms with Gasteiger partial charge < -0.3 is 14.1 Å². The molecule has 2 bridgehead atoms. The molecule has 3 aliphatic heterocycles. The highest BCUT2D eigenvalue weighted by Crippen LogP contribution is 2.36. The summed E-state index contributed by atoms with van der Waals surface area (Å²) in [5.41, 5.74) is -0.936. The lowest BCUT2D eigenvalue weighted by Crippen LogP contribution is -2.68.